The Hall–Kier alpha value is -1.34. The Morgan fingerprint density at radius 3 is 2.71 bits per heavy atom. The van der Waals surface area contributed by atoms with Crippen LogP contribution >= 0.6 is 0 Å². The van der Waals surface area contributed by atoms with Gasteiger partial charge in [0.2, 0.25) is 0 Å². The lowest BCUT2D eigenvalue weighted by atomic mass is 9.66. The van der Waals surface area contributed by atoms with Gasteiger partial charge in [-0.1, -0.05) is 40.5 Å². The number of aliphatic hydroxyl groups is 1. The van der Waals surface area contributed by atoms with Crippen LogP contribution in [0.1, 0.15) is 70.7 Å². The lowest BCUT2D eigenvalue weighted by Gasteiger charge is -2.38. The summed E-state index contributed by atoms with van der Waals surface area (Å²) in [6.07, 6.45) is 4.82. The number of nitriles is 1. The van der Waals surface area contributed by atoms with Crippen LogP contribution in [0.4, 0.5) is 0 Å². The third kappa shape index (κ3) is 2.98. The van der Waals surface area contributed by atoms with Gasteiger partial charge < -0.3 is 5.11 Å². The summed E-state index contributed by atoms with van der Waals surface area (Å²) >= 11 is 0. The summed E-state index contributed by atoms with van der Waals surface area (Å²) in [5.74, 6) is 0.489. The quantitative estimate of drug-likeness (QED) is 0.906. The Labute approximate surface area is 127 Å². The Bertz CT molecular complexity index is 549. The number of nitrogens with zero attached hydrogens (tertiary/aromatic N) is 3. The van der Waals surface area contributed by atoms with Crippen molar-refractivity contribution in [1.29, 1.82) is 5.26 Å². The van der Waals surface area contributed by atoms with E-state index in [-0.39, 0.29) is 5.41 Å². The van der Waals surface area contributed by atoms with E-state index in [1.165, 1.54) is 0 Å². The number of aromatic nitrogens is 2. The Morgan fingerprint density at radius 2 is 2.19 bits per heavy atom. The zero-order valence-electron chi connectivity index (χ0n) is 13.8. The molecule has 1 N–H and O–H groups in total. The van der Waals surface area contributed by atoms with Gasteiger partial charge in [-0.2, -0.15) is 10.4 Å². The summed E-state index contributed by atoms with van der Waals surface area (Å²) in [5, 5.41) is 25.3. The number of hydrogen-bond acceptors (Lipinski definition) is 3. The summed E-state index contributed by atoms with van der Waals surface area (Å²) in [7, 11) is 1.87. The standard InChI is InChI=1S/C17H27N3O/c1-12-7-6-8-17(9-12,11-18)15(21)13-10-20(5)19-14(13)16(2,3)4/h10,12,15,21H,6-9H2,1-5H3. The summed E-state index contributed by atoms with van der Waals surface area (Å²) in [5.41, 5.74) is 0.904. The minimum absolute atomic E-state index is 0.144. The Morgan fingerprint density at radius 1 is 1.52 bits per heavy atom. The molecule has 0 aliphatic heterocycles. The summed E-state index contributed by atoms with van der Waals surface area (Å²) in [6.45, 7) is 8.45. The fraction of sp³-hybridized carbons (Fsp3) is 0.765. The predicted molar refractivity (Wildman–Crippen MR) is 82.5 cm³/mol. The highest BCUT2D eigenvalue weighted by Gasteiger charge is 2.44. The topological polar surface area (TPSA) is 61.8 Å². The van der Waals surface area contributed by atoms with E-state index >= 15 is 0 Å². The van der Waals surface area contributed by atoms with Gasteiger partial charge in [-0.3, -0.25) is 4.68 Å². The Balaban J connectivity index is 2.44. The second-order valence-corrected chi connectivity index (χ2v) is 7.73. The van der Waals surface area contributed by atoms with Crippen LogP contribution < -0.4 is 0 Å². The van der Waals surface area contributed by atoms with Crippen LogP contribution in [-0.2, 0) is 12.5 Å². The number of aliphatic hydroxyl groups excluding tert-OH is 1. The molecule has 0 spiro atoms. The van der Waals surface area contributed by atoms with Crippen molar-refractivity contribution in [3.8, 4) is 6.07 Å². The van der Waals surface area contributed by atoms with E-state index in [0.717, 1.165) is 36.9 Å². The first-order chi connectivity index (χ1) is 9.69. The molecule has 0 aromatic carbocycles. The van der Waals surface area contributed by atoms with Crippen LogP contribution in [0.5, 0.6) is 0 Å². The highest BCUT2D eigenvalue weighted by Crippen LogP contribution is 2.48. The second-order valence-electron chi connectivity index (χ2n) is 7.73. The van der Waals surface area contributed by atoms with Crippen molar-refractivity contribution < 1.29 is 5.11 Å². The van der Waals surface area contributed by atoms with Crippen molar-refractivity contribution in [2.45, 2.75) is 64.9 Å². The SMILES string of the molecule is CC1CCCC(C#N)(C(O)c2cn(C)nc2C(C)(C)C)C1. The van der Waals surface area contributed by atoms with E-state index in [0.29, 0.717) is 5.92 Å². The lowest BCUT2D eigenvalue weighted by molar-refractivity contribution is 0.0208. The molecule has 1 aliphatic carbocycles. The molecule has 0 bridgehead atoms. The van der Waals surface area contributed by atoms with Gasteiger partial charge in [-0.25, -0.2) is 0 Å². The van der Waals surface area contributed by atoms with Gasteiger partial charge in [0.25, 0.3) is 0 Å². The minimum atomic E-state index is -0.756. The highest BCUT2D eigenvalue weighted by molar-refractivity contribution is 5.30. The molecule has 1 heterocycles. The van der Waals surface area contributed by atoms with E-state index in [4.69, 9.17) is 0 Å². The van der Waals surface area contributed by atoms with Gasteiger partial charge in [0.05, 0.1) is 17.2 Å². The van der Waals surface area contributed by atoms with Crippen molar-refractivity contribution in [3.63, 3.8) is 0 Å². The van der Waals surface area contributed by atoms with Crippen LogP contribution in [0.15, 0.2) is 6.20 Å². The van der Waals surface area contributed by atoms with Crippen LogP contribution in [0, 0.1) is 22.7 Å². The molecular formula is C17H27N3O. The number of rotatable bonds is 2. The average molecular weight is 289 g/mol. The second kappa shape index (κ2) is 5.46. The summed E-state index contributed by atoms with van der Waals surface area (Å²) in [6, 6.07) is 2.45. The molecule has 0 amide bonds. The van der Waals surface area contributed by atoms with Gasteiger partial charge in [0.1, 0.15) is 6.10 Å². The zero-order chi connectivity index (χ0) is 15.8. The molecule has 4 nitrogen and oxygen atoms in total. The molecule has 116 valence electrons. The van der Waals surface area contributed by atoms with E-state index < -0.39 is 11.5 Å². The fourth-order valence-corrected chi connectivity index (χ4v) is 3.59. The lowest BCUT2D eigenvalue weighted by Crippen LogP contribution is -2.34. The molecule has 0 saturated heterocycles. The molecule has 1 fully saturated rings. The maximum absolute atomic E-state index is 11.0. The third-order valence-electron chi connectivity index (χ3n) is 4.64. The van der Waals surface area contributed by atoms with Crippen molar-refractivity contribution in [3.05, 3.63) is 17.5 Å². The van der Waals surface area contributed by atoms with E-state index in [1.54, 1.807) is 4.68 Å². The first-order valence-electron chi connectivity index (χ1n) is 7.83. The third-order valence-corrected chi connectivity index (χ3v) is 4.64. The number of hydrogen-bond donors (Lipinski definition) is 1. The highest BCUT2D eigenvalue weighted by atomic mass is 16.3. The fourth-order valence-electron chi connectivity index (χ4n) is 3.59. The van der Waals surface area contributed by atoms with Gasteiger partial charge in [0, 0.05) is 24.2 Å². The van der Waals surface area contributed by atoms with Gasteiger partial charge in [-0.15, -0.1) is 0 Å². The largest absolute Gasteiger partial charge is 0.387 e. The molecule has 1 saturated carbocycles. The molecule has 4 heteroatoms. The first-order valence-corrected chi connectivity index (χ1v) is 7.83. The maximum atomic E-state index is 11.0. The van der Waals surface area contributed by atoms with E-state index in [9.17, 15) is 10.4 Å². The molecule has 2 rings (SSSR count). The van der Waals surface area contributed by atoms with Crippen LogP contribution in [0.3, 0.4) is 0 Å². The number of aryl methyl sites for hydroxylation is 1. The van der Waals surface area contributed by atoms with Crippen molar-refractivity contribution >= 4 is 0 Å². The molecule has 1 aromatic rings. The summed E-state index contributed by atoms with van der Waals surface area (Å²) in [4.78, 5) is 0. The van der Waals surface area contributed by atoms with Crippen molar-refractivity contribution in [2.24, 2.45) is 18.4 Å². The minimum Gasteiger partial charge on any atom is -0.387 e. The van der Waals surface area contributed by atoms with Crippen LogP contribution in [0.25, 0.3) is 0 Å². The van der Waals surface area contributed by atoms with Gasteiger partial charge in [0.15, 0.2) is 0 Å². The zero-order valence-corrected chi connectivity index (χ0v) is 13.8. The van der Waals surface area contributed by atoms with Gasteiger partial charge >= 0.3 is 0 Å². The van der Waals surface area contributed by atoms with E-state index in [2.05, 4.69) is 38.9 Å². The smallest absolute Gasteiger partial charge is 0.101 e. The van der Waals surface area contributed by atoms with E-state index in [1.807, 2.05) is 13.2 Å². The molecule has 1 aliphatic rings. The normalized spacial score (nSPS) is 28.1. The van der Waals surface area contributed by atoms with Crippen molar-refractivity contribution in [2.75, 3.05) is 0 Å². The average Bonchev–Trinajstić information content (AvgIpc) is 2.79. The Kier molecular flexibility index (Phi) is 4.17. The predicted octanol–water partition coefficient (Wildman–Crippen LogP) is 3.47. The maximum Gasteiger partial charge on any atom is 0.101 e. The summed E-state index contributed by atoms with van der Waals surface area (Å²) < 4.78 is 1.75. The molecule has 1 aromatic heterocycles. The molecule has 21 heavy (non-hydrogen) atoms. The molecular weight excluding hydrogens is 262 g/mol. The van der Waals surface area contributed by atoms with Crippen molar-refractivity contribution in [1.82, 2.24) is 9.78 Å². The van der Waals surface area contributed by atoms with Gasteiger partial charge in [-0.05, 0) is 18.8 Å². The molecule has 0 radical (unpaired) electrons. The first kappa shape index (κ1) is 16.0. The van der Waals surface area contributed by atoms with Crippen LogP contribution in [-0.4, -0.2) is 14.9 Å². The van der Waals surface area contributed by atoms with Crippen LogP contribution in [0.2, 0.25) is 0 Å². The molecule has 3 unspecified atom stereocenters. The molecule has 3 atom stereocenters. The monoisotopic (exact) mass is 289 g/mol.